The lowest BCUT2D eigenvalue weighted by Crippen LogP contribution is -2.24. The lowest BCUT2D eigenvalue weighted by molar-refractivity contribution is 0.249. The molecule has 0 aromatic heterocycles. The molecule has 0 saturated heterocycles. The summed E-state index contributed by atoms with van der Waals surface area (Å²) < 4.78 is 19.2. The SMILES string of the molecule is NC(=O)N/N=C\c1ccc(OCc2ccc(F)cc2)c(Br)c1. The van der Waals surface area contributed by atoms with Gasteiger partial charge in [0.15, 0.2) is 0 Å². The first kappa shape index (κ1) is 16.0. The molecule has 0 aliphatic heterocycles. The number of halogens is 2. The first-order chi connectivity index (χ1) is 10.5. The second kappa shape index (κ2) is 7.56. The largest absolute Gasteiger partial charge is 0.488 e. The zero-order valence-electron chi connectivity index (χ0n) is 11.4. The maximum absolute atomic E-state index is 12.8. The number of urea groups is 1. The number of rotatable bonds is 5. The second-order valence-electron chi connectivity index (χ2n) is 4.34. The van der Waals surface area contributed by atoms with Crippen LogP contribution in [0.5, 0.6) is 5.75 Å². The van der Waals surface area contributed by atoms with Crippen LogP contribution in [0.3, 0.4) is 0 Å². The van der Waals surface area contributed by atoms with E-state index in [2.05, 4.69) is 26.5 Å². The van der Waals surface area contributed by atoms with Gasteiger partial charge in [0.1, 0.15) is 18.2 Å². The highest BCUT2D eigenvalue weighted by molar-refractivity contribution is 9.10. The van der Waals surface area contributed by atoms with Gasteiger partial charge < -0.3 is 10.5 Å². The van der Waals surface area contributed by atoms with Crippen molar-refractivity contribution in [3.05, 3.63) is 63.9 Å². The van der Waals surface area contributed by atoms with Gasteiger partial charge in [0.05, 0.1) is 10.7 Å². The number of primary amides is 1. The van der Waals surface area contributed by atoms with E-state index in [1.165, 1.54) is 18.3 Å². The third-order valence-electron chi connectivity index (χ3n) is 2.65. The fourth-order valence-electron chi connectivity index (χ4n) is 1.63. The van der Waals surface area contributed by atoms with Gasteiger partial charge in [0.25, 0.3) is 0 Å². The van der Waals surface area contributed by atoms with Crippen molar-refractivity contribution in [3.63, 3.8) is 0 Å². The Kier molecular flexibility index (Phi) is 5.48. The molecular weight excluding hydrogens is 353 g/mol. The van der Waals surface area contributed by atoms with Crippen molar-refractivity contribution in [2.45, 2.75) is 6.61 Å². The van der Waals surface area contributed by atoms with Crippen LogP contribution in [0.25, 0.3) is 0 Å². The minimum Gasteiger partial charge on any atom is -0.488 e. The molecule has 5 nitrogen and oxygen atoms in total. The van der Waals surface area contributed by atoms with Crippen molar-refractivity contribution in [3.8, 4) is 5.75 Å². The van der Waals surface area contributed by atoms with Gasteiger partial charge in [0.2, 0.25) is 0 Å². The van der Waals surface area contributed by atoms with E-state index in [-0.39, 0.29) is 5.82 Å². The van der Waals surface area contributed by atoms with Crippen LogP contribution >= 0.6 is 15.9 Å². The molecule has 0 atom stereocenters. The Morgan fingerprint density at radius 1 is 1.32 bits per heavy atom. The first-order valence-corrected chi connectivity index (χ1v) is 7.09. The molecule has 2 amide bonds. The highest BCUT2D eigenvalue weighted by atomic mass is 79.9. The smallest absolute Gasteiger partial charge is 0.332 e. The normalized spacial score (nSPS) is 10.6. The maximum atomic E-state index is 12.8. The fourth-order valence-corrected chi connectivity index (χ4v) is 2.14. The second-order valence-corrected chi connectivity index (χ2v) is 5.19. The number of hydrogen-bond donors (Lipinski definition) is 2. The molecule has 2 aromatic carbocycles. The van der Waals surface area contributed by atoms with Gasteiger partial charge in [-0.2, -0.15) is 5.10 Å². The molecule has 7 heteroatoms. The molecule has 0 unspecified atom stereocenters. The molecule has 0 saturated carbocycles. The first-order valence-electron chi connectivity index (χ1n) is 6.30. The number of amides is 2. The molecule has 0 bridgehead atoms. The van der Waals surface area contributed by atoms with Gasteiger partial charge in [-0.25, -0.2) is 14.6 Å². The Morgan fingerprint density at radius 2 is 2.05 bits per heavy atom. The lowest BCUT2D eigenvalue weighted by atomic mass is 10.2. The zero-order valence-corrected chi connectivity index (χ0v) is 13.0. The summed E-state index contributed by atoms with van der Waals surface area (Å²) in [6.45, 7) is 0.329. The van der Waals surface area contributed by atoms with E-state index in [1.54, 1.807) is 30.3 Å². The van der Waals surface area contributed by atoms with Crippen LogP contribution in [-0.2, 0) is 6.61 Å². The molecule has 0 heterocycles. The molecule has 0 fully saturated rings. The third-order valence-corrected chi connectivity index (χ3v) is 3.27. The summed E-state index contributed by atoms with van der Waals surface area (Å²) in [6, 6.07) is 10.7. The van der Waals surface area contributed by atoms with Crippen LogP contribution in [0.2, 0.25) is 0 Å². The predicted molar refractivity (Wildman–Crippen MR) is 85.2 cm³/mol. The van der Waals surface area contributed by atoms with E-state index >= 15 is 0 Å². The van der Waals surface area contributed by atoms with Crippen LogP contribution in [0, 0.1) is 5.82 Å². The monoisotopic (exact) mass is 365 g/mol. The molecule has 22 heavy (non-hydrogen) atoms. The molecule has 3 N–H and O–H groups in total. The number of carbonyl (C=O) groups excluding carboxylic acids is 1. The van der Waals surface area contributed by atoms with E-state index in [9.17, 15) is 9.18 Å². The van der Waals surface area contributed by atoms with Crippen molar-refractivity contribution in [1.29, 1.82) is 0 Å². The topological polar surface area (TPSA) is 76.7 Å². The summed E-state index contributed by atoms with van der Waals surface area (Å²) in [5.41, 5.74) is 8.63. The Labute approximate surface area is 135 Å². The van der Waals surface area contributed by atoms with Crippen molar-refractivity contribution < 1.29 is 13.9 Å². The lowest BCUT2D eigenvalue weighted by Gasteiger charge is -2.09. The minimum atomic E-state index is -0.727. The van der Waals surface area contributed by atoms with Gasteiger partial charge in [0, 0.05) is 0 Å². The van der Waals surface area contributed by atoms with Gasteiger partial charge in [-0.15, -0.1) is 0 Å². The van der Waals surface area contributed by atoms with Crippen molar-refractivity contribution >= 4 is 28.2 Å². The van der Waals surface area contributed by atoms with Crippen LogP contribution in [-0.4, -0.2) is 12.2 Å². The van der Waals surface area contributed by atoms with E-state index in [4.69, 9.17) is 10.5 Å². The Hall–Kier alpha value is -2.41. The maximum Gasteiger partial charge on any atom is 0.332 e. The van der Waals surface area contributed by atoms with Crippen molar-refractivity contribution in [1.82, 2.24) is 5.43 Å². The van der Waals surface area contributed by atoms with E-state index in [0.29, 0.717) is 12.4 Å². The molecule has 0 aliphatic rings. The number of nitrogens with one attached hydrogen (secondary N) is 1. The van der Waals surface area contributed by atoms with Gasteiger partial charge >= 0.3 is 6.03 Å². The number of benzene rings is 2. The number of nitrogens with zero attached hydrogens (tertiary/aromatic N) is 1. The molecule has 0 radical (unpaired) electrons. The summed E-state index contributed by atoms with van der Waals surface area (Å²) >= 11 is 3.39. The van der Waals surface area contributed by atoms with Crippen LogP contribution < -0.4 is 15.9 Å². The molecule has 0 spiro atoms. The predicted octanol–water partition coefficient (Wildman–Crippen LogP) is 3.17. The van der Waals surface area contributed by atoms with E-state index < -0.39 is 6.03 Å². The Morgan fingerprint density at radius 3 is 2.68 bits per heavy atom. The number of carbonyl (C=O) groups is 1. The minimum absolute atomic E-state index is 0.279. The number of hydrogen-bond acceptors (Lipinski definition) is 3. The average molecular weight is 366 g/mol. The number of ether oxygens (including phenoxy) is 1. The summed E-state index contributed by atoms with van der Waals surface area (Å²) in [7, 11) is 0. The standard InChI is InChI=1S/C15H13BrFN3O2/c16-13-7-11(8-19-20-15(18)21)3-6-14(13)22-9-10-1-4-12(17)5-2-10/h1-8H,9H2,(H3,18,20,21)/b19-8-. The molecule has 0 aliphatic carbocycles. The quantitative estimate of drug-likeness (QED) is 0.630. The Balaban J connectivity index is 1.98. The number of hydrazone groups is 1. The highest BCUT2D eigenvalue weighted by Crippen LogP contribution is 2.26. The fraction of sp³-hybridized carbons (Fsp3) is 0.0667. The number of nitrogens with two attached hydrogens (primary N) is 1. The van der Waals surface area contributed by atoms with Crippen LogP contribution in [0.15, 0.2) is 52.0 Å². The van der Waals surface area contributed by atoms with Gasteiger partial charge in [-0.1, -0.05) is 12.1 Å². The van der Waals surface area contributed by atoms with Crippen molar-refractivity contribution in [2.75, 3.05) is 0 Å². The van der Waals surface area contributed by atoms with E-state index in [0.717, 1.165) is 15.6 Å². The van der Waals surface area contributed by atoms with Gasteiger partial charge in [-0.05, 0) is 57.4 Å². The summed E-state index contributed by atoms with van der Waals surface area (Å²) in [5, 5.41) is 3.67. The van der Waals surface area contributed by atoms with E-state index in [1.807, 2.05) is 0 Å². The van der Waals surface area contributed by atoms with Crippen LogP contribution in [0.4, 0.5) is 9.18 Å². The zero-order chi connectivity index (χ0) is 15.9. The highest BCUT2D eigenvalue weighted by Gasteiger charge is 2.03. The van der Waals surface area contributed by atoms with Gasteiger partial charge in [-0.3, -0.25) is 0 Å². The molecule has 2 aromatic rings. The third kappa shape index (κ3) is 4.85. The molecular formula is C15H13BrFN3O2. The average Bonchev–Trinajstić information content (AvgIpc) is 2.48. The summed E-state index contributed by atoms with van der Waals surface area (Å²) in [4.78, 5) is 10.5. The van der Waals surface area contributed by atoms with Crippen molar-refractivity contribution in [2.24, 2.45) is 10.8 Å². The Bertz CT molecular complexity index is 690. The summed E-state index contributed by atoms with van der Waals surface area (Å²) in [5.74, 6) is 0.363. The molecule has 2 rings (SSSR count). The molecule has 114 valence electrons. The van der Waals surface area contributed by atoms with Crippen LogP contribution in [0.1, 0.15) is 11.1 Å². The summed E-state index contributed by atoms with van der Waals surface area (Å²) in [6.07, 6.45) is 1.46.